The molecule has 0 aliphatic carbocycles. The van der Waals surface area contributed by atoms with E-state index in [4.69, 9.17) is 4.74 Å². The molecular weight excluding hydrogens is 312 g/mol. The molecule has 2 aromatic carbocycles. The summed E-state index contributed by atoms with van der Waals surface area (Å²) < 4.78 is 5.08. The van der Waals surface area contributed by atoms with Crippen molar-refractivity contribution >= 4 is 17.5 Å². The zero-order valence-electron chi connectivity index (χ0n) is 14.5. The predicted octanol–water partition coefficient (Wildman–Crippen LogP) is 4.25. The second-order valence-corrected chi connectivity index (χ2v) is 5.74. The second-order valence-electron chi connectivity index (χ2n) is 5.74. The third kappa shape index (κ3) is 4.78. The highest BCUT2D eigenvalue weighted by Crippen LogP contribution is 2.23. The molecule has 0 aliphatic heterocycles. The molecule has 0 saturated carbocycles. The topological polar surface area (TPSA) is 59.1 Å². The van der Waals surface area contributed by atoms with Gasteiger partial charge in [-0.2, -0.15) is 4.98 Å². The SMILES string of the molecule is COCCNc1nc(Nc2cccc(C)c2)cc(-c2ccccc2)n1. The van der Waals surface area contributed by atoms with Crippen molar-refractivity contribution in [2.24, 2.45) is 0 Å². The highest BCUT2D eigenvalue weighted by molar-refractivity contribution is 5.67. The van der Waals surface area contributed by atoms with E-state index >= 15 is 0 Å². The van der Waals surface area contributed by atoms with Gasteiger partial charge in [0, 0.05) is 31.0 Å². The van der Waals surface area contributed by atoms with Crippen LogP contribution in [0.3, 0.4) is 0 Å². The van der Waals surface area contributed by atoms with Crippen LogP contribution in [0.4, 0.5) is 17.5 Å². The molecule has 2 N–H and O–H groups in total. The van der Waals surface area contributed by atoms with Crippen LogP contribution in [-0.2, 0) is 4.74 Å². The molecule has 1 aromatic heterocycles. The lowest BCUT2D eigenvalue weighted by Gasteiger charge is -2.12. The number of nitrogens with one attached hydrogen (secondary N) is 2. The lowest BCUT2D eigenvalue weighted by molar-refractivity contribution is 0.210. The molecule has 0 atom stereocenters. The van der Waals surface area contributed by atoms with E-state index in [1.54, 1.807) is 7.11 Å². The third-order valence-electron chi connectivity index (χ3n) is 3.68. The van der Waals surface area contributed by atoms with Crippen molar-refractivity contribution in [2.45, 2.75) is 6.92 Å². The van der Waals surface area contributed by atoms with Crippen LogP contribution in [0.1, 0.15) is 5.56 Å². The van der Waals surface area contributed by atoms with Crippen LogP contribution in [-0.4, -0.2) is 30.2 Å². The summed E-state index contributed by atoms with van der Waals surface area (Å²) in [5, 5.41) is 6.57. The first kappa shape index (κ1) is 16.9. The van der Waals surface area contributed by atoms with Gasteiger partial charge in [0.2, 0.25) is 5.95 Å². The summed E-state index contributed by atoms with van der Waals surface area (Å²) >= 11 is 0. The highest BCUT2D eigenvalue weighted by Gasteiger charge is 2.07. The van der Waals surface area contributed by atoms with Crippen molar-refractivity contribution in [3.05, 3.63) is 66.2 Å². The van der Waals surface area contributed by atoms with Gasteiger partial charge in [-0.05, 0) is 24.6 Å². The van der Waals surface area contributed by atoms with Crippen LogP contribution in [0.5, 0.6) is 0 Å². The standard InChI is InChI=1S/C20H22N4O/c1-15-7-6-10-17(13-15)22-19-14-18(16-8-4-3-5-9-16)23-20(24-19)21-11-12-25-2/h3-10,13-14H,11-12H2,1-2H3,(H2,21,22,23,24). The Hall–Kier alpha value is -2.92. The molecule has 3 aromatic rings. The van der Waals surface area contributed by atoms with E-state index in [0.29, 0.717) is 19.1 Å². The van der Waals surface area contributed by atoms with Gasteiger partial charge in [-0.15, -0.1) is 0 Å². The highest BCUT2D eigenvalue weighted by atomic mass is 16.5. The van der Waals surface area contributed by atoms with Crippen molar-refractivity contribution < 1.29 is 4.74 Å². The predicted molar refractivity (Wildman–Crippen MR) is 102 cm³/mol. The number of hydrogen-bond acceptors (Lipinski definition) is 5. The molecule has 128 valence electrons. The van der Waals surface area contributed by atoms with Crippen molar-refractivity contribution in [3.63, 3.8) is 0 Å². The Morgan fingerprint density at radius 2 is 1.80 bits per heavy atom. The minimum absolute atomic E-state index is 0.577. The number of anilines is 3. The van der Waals surface area contributed by atoms with Crippen LogP contribution in [0.15, 0.2) is 60.7 Å². The fourth-order valence-electron chi connectivity index (χ4n) is 2.48. The second kappa shape index (κ2) is 8.26. The third-order valence-corrected chi connectivity index (χ3v) is 3.68. The lowest BCUT2D eigenvalue weighted by Crippen LogP contribution is -2.11. The number of hydrogen-bond donors (Lipinski definition) is 2. The van der Waals surface area contributed by atoms with E-state index in [9.17, 15) is 0 Å². The molecule has 0 aliphatic rings. The van der Waals surface area contributed by atoms with Gasteiger partial charge >= 0.3 is 0 Å². The summed E-state index contributed by atoms with van der Waals surface area (Å²) in [7, 11) is 1.67. The first-order valence-electron chi connectivity index (χ1n) is 8.25. The van der Waals surface area contributed by atoms with E-state index < -0.39 is 0 Å². The Kier molecular flexibility index (Phi) is 5.59. The molecule has 5 heteroatoms. The molecule has 3 rings (SSSR count). The first-order chi connectivity index (χ1) is 12.2. The summed E-state index contributed by atoms with van der Waals surface area (Å²) in [5.41, 5.74) is 4.11. The fraction of sp³-hybridized carbons (Fsp3) is 0.200. The number of benzene rings is 2. The molecule has 5 nitrogen and oxygen atoms in total. The van der Waals surface area contributed by atoms with Gasteiger partial charge in [-0.25, -0.2) is 4.98 Å². The Balaban J connectivity index is 1.91. The fourth-order valence-corrected chi connectivity index (χ4v) is 2.48. The average Bonchev–Trinajstić information content (AvgIpc) is 2.63. The number of aromatic nitrogens is 2. The monoisotopic (exact) mass is 334 g/mol. The van der Waals surface area contributed by atoms with Crippen molar-refractivity contribution in [1.82, 2.24) is 9.97 Å². The molecule has 0 radical (unpaired) electrons. The summed E-state index contributed by atoms with van der Waals surface area (Å²) in [4.78, 5) is 9.18. The van der Waals surface area contributed by atoms with Crippen molar-refractivity contribution in [3.8, 4) is 11.3 Å². The van der Waals surface area contributed by atoms with Gasteiger partial charge in [0.15, 0.2) is 0 Å². The smallest absolute Gasteiger partial charge is 0.225 e. The van der Waals surface area contributed by atoms with Gasteiger partial charge in [0.25, 0.3) is 0 Å². The number of aryl methyl sites for hydroxylation is 1. The number of methoxy groups -OCH3 is 1. The largest absolute Gasteiger partial charge is 0.383 e. The van der Waals surface area contributed by atoms with E-state index in [1.165, 1.54) is 5.56 Å². The van der Waals surface area contributed by atoms with Crippen LogP contribution in [0, 0.1) is 6.92 Å². The summed E-state index contributed by atoms with van der Waals surface area (Å²) in [6, 6.07) is 20.2. The van der Waals surface area contributed by atoms with Crippen molar-refractivity contribution in [1.29, 1.82) is 0 Å². The minimum Gasteiger partial charge on any atom is -0.383 e. The maximum Gasteiger partial charge on any atom is 0.225 e. The molecule has 0 fully saturated rings. The van der Waals surface area contributed by atoms with E-state index in [0.717, 1.165) is 22.8 Å². The van der Waals surface area contributed by atoms with Crippen LogP contribution in [0.25, 0.3) is 11.3 Å². The molecule has 25 heavy (non-hydrogen) atoms. The van der Waals surface area contributed by atoms with Crippen LogP contribution in [0.2, 0.25) is 0 Å². The van der Waals surface area contributed by atoms with E-state index in [-0.39, 0.29) is 0 Å². The first-order valence-corrected chi connectivity index (χ1v) is 8.25. The minimum atomic E-state index is 0.577. The lowest BCUT2D eigenvalue weighted by atomic mass is 10.1. The Labute approximate surface area is 148 Å². The van der Waals surface area contributed by atoms with Gasteiger partial charge in [0.05, 0.1) is 12.3 Å². The van der Waals surface area contributed by atoms with Gasteiger partial charge < -0.3 is 15.4 Å². The van der Waals surface area contributed by atoms with Crippen LogP contribution >= 0.6 is 0 Å². The zero-order valence-corrected chi connectivity index (χ0v) is 14.5. The zero-order chi connectivity index (χ0) is 17.5. The van der Waals surface area contributed by atoms with Gasteiger partial charge in [-0.1, -0.05) is 42.5 Å². The normalized spacial score (nSPS) is 10.5. The Morgan fingerprint density at radius 1 is 0.960 bits per heavy atom. The molecule has 0 amide bonds. The number of nitrogens with zero attached hydrogens (tertiary/aromatic N) is 2. The maximum atomic E-state index is 5.08. The maximum absolute atomic E-state index is 5.08. The Morgan fingerprint density at radius 3 is 2.56 bits per heavy atom. The summed E-state index contributed by atoms with van der Waals surface area (Å²) in [6.07, 6.45) is 0. The van der Waals surface area contributed by atoms with Gasteiger partial charge in [-0.3, -0.25) is 0 Å². The molecule has 0 unspecified atom stereocenters. The summed E-state index contributed by atoms with van der Waals surface area (Å²) in [5.74, 6) is 1.33. The molecule has 0 bridgehead atoms. The van der Waals surface area contributed by atoms with Gasteiger partial charge in [0.1, 0.15) is 5.82 Å². The molecule has 1 heterocycles. The number of rotatable bonds is 7. The average molecular weight is 334 g/mol. The quantitative estimate of drug-likeness (QED) is 0.633. The summed E-state index contributed by atoms with van der Waals surface area (Å²) in [6.45, 7) is 3.32. The molecule has 0 spiro atoms. The molecular formula is C20H22N4O. The van der Waals surface area contributed by atoms with Crippen molar-refractivity contribution in [2.75, 3.05) is 30.9 Å². The number of ether oxygens (including phenoxy) is 1. The molecule has 0 saturated heterocycles. The Bertz CT molecular complexity index is 821. The van der Waals surface area contributed by atoms with Crippen LogP contribution < -0.4 is 10.6 Å². The van der Waals surface area contributed by atoms with E-state index in [2.05, 4.69) is 39.7 Å². The van der Waals surface area contributed by atoms with E-state index in [1.807, 2.05) is 48.5 Å².